The summed E-state index contributed by atoms with van der Waals surface area (Å²) in [6.07, 6.45) is 0.932. The van der Waals surface area contributed by atoms with E-state index >= 15 is 0 Å². The lowest BCUT2D eigenvalue weighted by atomic mass is 9.87. The van der Waals surface area contributed by atoms with Crippen LogP contribution in [0.2, 0.25) is 0 Å². The van der Waals surface area contributed by atoms with E-state index in [1.807, 2.05) is 25.5 Å². The molecular weight excluding hydrogens is 332 g/mol. The van der Waals surface area contributed by atoms with Crippen molar-refractivity contribution in [3.05, 3.63) is 29.8 Å². The van der Waals surface area contributed by atoms with Crippen LogP contribution in [0, 0.1) is 0 Å². The summed E-state index contributed by atoms with van der Waals surface area (Å²) in [6, 6.07) is 8.43. The van der Waals surface area contributed by atoms with Crippen LogP contribution < -0.4 is 5.32 Å². The van der Waals surface area contributed by atoms with Crippen LogP contribution in [0.15, 0.2) is 29.4 Å². The average Bonchev–Trinajstić information content (AvgIpc) is 2.92. The lowest BCUT2D eigenvalue weighted by Gasteiger charge is -2.19. The van der Waals surface area contributed by atoms with Gasteiger partial charge in [-0.05, 0) is 24.3 Å². The fourth-order valence-electron chi connectivity index (χ4n) is 2.39. The number of amides is 1. The van der Waals surface area contributed by atoms with Crippen LogP contribution in [0.25, 0.3) is 11.4 Å². The molecule has 5 nitrogen and oxygen atoms in total. The summed E-state index contributed by atoms with van der Waals surface area (Å²) >= 11 is 1.43. The Balaban J connectivity index is 2.14. The molecule has 0 aliphatic heterocycles. The number of thioether (sulfide) groups is 1. The summed E-state index contributed by atoms with van der Waals surface area (Å²) in [6.45, 7) is 11.2. The minimum absolute atomic E-state index is 0.0333. The molecule has 0 saturated carbocycles. The second kappa shape index (κ2) is 8.04. The van der Waals surface area contributed by atoms with Crippen LogP contribution in [0.3, 0.4) is 0 Å². The van der Waals surface area contributed by atoms with Crippen molar-refractivity contribution in [3.63, 3.8) is 0 Å². The average molecular weight is 361 g/mol. The zero-order chi connectivity index (χ0) is 18.6. The van der Waals surface area contributed by atoms with E-state index < -0.39 is 0 Å². The number of carbonyl (C=O) groups excluding carboxylic acids is 1. The molecule has 1 aromatic heterocycles. The van der Waals surface area contributed by atoms with Gasteiger partial charge in [-0.3, -0.25) is 4.79 Å². The summed E-state index contributed by atoms with van der Waals surface area (Å²) in [4.78, 5) is 12.0. The highest BCUT2D eigenvalue weighted by molar-refractivity contribution is 8.00. The van der Waals surface area contributed by atoms with Crippen LogP contribution >= 0.6 is 11.8 Å². The quantitative estimate of drug-likeness (QED) is 0.796. The molecule has 1 aromatic carbocycles. The number of carbonyl (C=O) groups is 1. The Morgan fingerprint density at radius 1 is 1.24 bits per heavy atom. The van der Waals surface area contributed by atoms with Gasteiger partial charge in [0.2, 0.25) is 5.91 Å². The molecule has 0 fully saturated rings. The molecule has 0 aliphatic carbocycles. The van der Waals surface area contributed by atoms with Gasteiger partial charge in [0.15, 0.2) is 11.0 Å². The first-order valence-corrected chi connectivity index (χ1v) is 9.56. The minimum atomic E-state index is -0.203. The van der Waals surface area contributed by atoms with Crippen molar-refractivity contribution in [1.82, 2.24) is 20.1 Å². The predicted octanol–water partition coefficient (Wildman–Crippen LogP) is 3.79. The monoisotopic (exact) mass is 360 g/mol. The Bertz CT molecular complexity index is 716. The molecular formula is C19H28N4OS. The maximum atomic E-state index is 12.0. The zero-order valence-corrected chi connectivity index (χ0v) is 16.8. The first-order chi connectivity index (χ1) is 11.7. The standard InChI is InChI=1S/C19H28N4OS/c1-7-12-20-17(24)13(2)25-18-22-21-16(23(18)6)14-8-10-15(11-9-14)19(3,4)5/h8-11,13H,7,12H2,1-6H3,(H,20,24). The van der Waals surface area contributed by atoms with Crippen LogP contribution in [0.4, 0.5) is 0 Å². The Labute approximate surface area is 154 Å². The first-order valence-electron chi connectivity index (χ1n) is 8.68. The van der Waals surface area contributed by atoms with Crippen molar-refractivity contribution in [2.75, 3.05) is 6.54 Å². The van der Waals surface area contributed by atoms with Crippen molar-refractivity contribution in [2.24, 2.45) is 7.05 Å². The van der Waals surface area contributed by atoms with Gasteiger partial charge >= 0.3 is 0 Å². The predicted molar refractivity (Wildman–Crippen MR) is 104 cm³/mol. The van der Waals surface area contributed by atoms with Crippen LogP contribution in [0.1, 0.15) is 46.6 Å². The van der Waals surface area contributed by atoms with Gasteiger partial charge in [0.25, 0.3) is 0 Å². The lowest BCUT2D eigenvalue weighted by Crippen LogP contribution is -2.31. The SMILES string of the molecule is CCCNC(=O)C(C)Sc1nnc(-c2ccc(C(C)(C)C)cc2)n1C. The Morgan fingerprint density at radius 3 is 2.44 bits per heavy atom. The van der Waals surface area contributed by atoms with Crippen molar-refractivity contribution in [2.45, 2.75) is 56.9 Å². The number of rotatable bonds is 6. The number of benzene rings is 1. The largest absolute Gasteiger partial charge is 0.355 e. The van der Waals surface area contributed by atoms with Gasteiger partial charge < -0.3 is 9.88 Å². The Morgan fingerprint density at radius 2 is 1.88 bits per heavy atom. The number of hydrogen-bond donors (Lipinski definition) is 1. The highest BCUT2D eigenvalue weighted by Crippen LogP contribution is 2.28. The van der Waals surface area contributed by atoms with Crippen molar-refractivity contribution >= 4 is 17.7 Å². The normalized spacial score (nSPS) is 12.9. The molecule has 2 aromatic rings. The molecule has 2 rings (SSSR count). The van der Waals surface area contributed by atoms with E-state index in [1.165, 1.54) is 17.3 Å². The van der Waals surface area contributed by atoms with Crippen LogP contribution in [0.5, 0.6) is 0 Å². The summed E-state index contributed by atoms with van der Waals surface area (Å²) in [7, 11) is 1.94. The number of nitrogens with one attached hydrogen (secondary N) is 1. The summed E-state index contributed by atoms with van der Waals surface area (Å²) in [5, 5.41) is 12.0. The molecule has 1 unspecified atom stereocenters. The van der Waals surface area contributed by atoms with Crippen LogP contribution in [-0.2, 0) is 17.3 Å². The molecule has 1 atom stereocenters. The number of aromatic nitrogens is 3. The van der Waals surface area contributed by atoms with E-state index in [4.69, 9.17) is 0 Å². The van der Waals surface area contributed by atoms with E-state index in [2.05, 4.69) is 60.6 Å². The summed E-state index contributed by atoms with van der Waals surface area (Å²) in [5.41, 5.74) is 2.44. The van der Waals surface area contributed by atoms with Gasteiger partial charge in [-0.2, -0.15) is 0 Å². The third-order valence-corrected chi connectivity index (χ3v) is 5.18. The molecule has 0 radical (unpaired) electrons. The molecule has 0 aliphatic rings. The van der Waals surface area contributed by atoms with Gasteiger partial charge in [-0.1, -0.05) is 63.7 Å². The summed E-state index contributed by atoms with van der Waals surface area (Å²) in [5.74, 6) is 0.843. The number of nitrogens with zero attached hydrogens (tertiary/aromatic N) is 3. The fourth-order valence-corrected chi connectivity index (χ4v) is 3.23. The molecule has 0 spiro atoms. The van der Waals surface area contributed by atoms with Gasteiger partial charge in [0.1, 0.15) is 0 Å². The molecule has 6 heteroatoms. The maximum absolute atomic E-state index is 12.0. The third kappa shape index (κ3) is 4.84. The van der Waals surface area contributed by atoms with E-state index in [-0.39, 0.29) is 16.6 Å². The highest BCUT2D eigenvalue weighted by Gasteiger charge is 2.19. The molecule has 1 heterocycles. The van der Waals surface area contributed by atoms with Crippen LogP contribution in [-0.4, -0.2) is 32.5 Å². The fraction of sp³-hybridized carbons (Fsp3) is 0.526. The molecule has 0 bridgehead atoms. The number of hydrogen-bond acceptors (Lipinski definition) is 4. The second-order valence-corrected chi connectivity index (χ2v) is 8.55. The smallest absolute Gasteiger partial charge is 0.233 e. The minimum Gasteiger partial charge on any atom is -0.355 e. The van der Waals surface area contributed by atoms with Gasteiger partial charge in [0.05, 0.1) is 5.25 Å². The Hall–Kier alpha value is -1.82. The van der Waals surface area contributed by atoms with Crippen molar-refractivity contribution in [1.29, 1.82) is 0 Å². The topological polar surface area (TPSA) is 59.8 Å². The zero-order valence-electron chi connectivity index (χ0n) is 16.0. The second-order valence-electron chi connectivity index (χ2n) is 7.24. The van der Waals surface area contributed by atoms with E-state index in [9.17, 15) is 4.79 Å². The molecule has 0 saturated heterocycles. The van der Waals surface area contributed by atoms with E-state index in [1.54, 1.807) is 0 Å². The van der Waals surface area contributed by atoms with Gasteiger partial charge in [-0.15, -0.1) is 10.2 Å². The van der Waals surface area contributed by atoms with E-state index in [0.717, 1.165) is 23.0 Å². The molecule has 136 valence electrons. The maximum Gasteiger partial charge on any atom is 0.233 e. The van der Waals surface area contributed by atoms with E-state index in [0.29, 0.717) is 6.54 Å². The molecule has 25 heavy (non-hydrogen) atoms. The van der Waals surface area contributed by atoms with Gasteiger partial charge in [0, 0.05) is 19.2 Å². The molecule has 1 amide bonds. The van der Waals surface area contributed by atoms with Crippen molar-refractivity contribution < 1.29 is 4.79 Å². The molecule has 1 N–H and O–H groups in total. The first kappa shape index (κ1) is 19.5. The van der Waals surface area contributed by atoms with Crippen molar-refractivity contribution in [3.8, 4) is 11.4 Å². The Kier molecular flexibility index (Phi) is 6.27. The van der Waals surface area contributed by atoms with Gasteiger partial charge in [-0.25, -0.2) is 0 Å². The summed E-state index contributed by atoms with van der Waals surface area (Å²) < 4.78 is 1.94. The lowest BCUT2D eigenvalue weighted by molar-refractivity contribution is -0.120. The highest BCUT2D eigenvalue weighted by atomic mass is 32.2. The third-order valence-electron chi connectivity index (χ3n) is 4.04.